The molecule has 2 N–H and O–H groups in total. The van der Waals surface area contributed by atoms with Gasteiger partial charge in [-0.25, -0.2) is 4.68 Å². The third-order valence-corrected chi connectivity index (χ3v) is 3.17. The zero-order valence-corrected chi connectivity index (χ0v) is 9.81. The summed E-state index contributed by atoms with van der Waals surface area (Å²) in [6.07, 6.45) is 4.52. The largest absolute Gasteiger partial charge is 0.335 e. The molecule has 0 aliphatic rings. The molecule has 0 radical (unpaired) electrons. The first-order valence-corrected chi connectivity index (χ1v) is 6.05. The predicted molar refractivity (Wildman–Crippen MR) is 64.4 cm³/mol. The molecule has 0 bridgehead atoms. The smallest absolute Gasteiger partial charge is 0.210 e. The predicted octanol–water partition coefficient (Wildman–Crippen LogP) is 1.56. The molecular formula is C10H13N5S. The van der Waals surface area contributed by atoms with Gasteiger partial charge in [-0.3, -0.25) is 4.98 Å². The fourth-order valence-corrected chi connectivity index (χ4v) is 1.97. The van der Waals surface area contributed by atoms with Crippen molar-refractivity contribution in [2.45, 2.75) is 18.5 Å². The summed E-state index contributed by atoms with van der Waals surface area (Å²) < 4.78 is 1.51. The van der Waals surface area contributed by atoms with Gasteiger partial charge in [0, 0.05) is 23.7 Å². The van der Waals surface area contributed by atoms with Crippen LogP contribution < -0.4 is 5.84 Å². The second-order valence-corrected chi connectivity index (χ2v) is 4.33. The van der Waals surface area contributed by atoms with Crippen molar-refractivity contribution in [2.24, 2.45) is 0 Å². The maximum atomic E-state index is 5.92. The van der Waals surface area contributed by atoms with Gasteiger partial charge >= 0.3 is 0 Å². The van der Waals surface area contributed by atoms with Crippen LogP contribution >= 0.6 is 11.8 Å². The Bertz CT molecular complexity index is 453. The van der Waals surface area contributed by atoms with Crippen LogP contribution in [0.15, 0.2) is 29.7 Å². The van der Waals surface area contributed by atoms with Gasteiger partial charge in [0.05, 0.1) is 0 Å². The van der Waals surface area contributed by atoms with Crippen molar-refractivity contribution in [2.75, 3.05) is 11.6 Å². The van der Waals surface area contributed by atoms with Crippen LogP contribution in [0.4, 0.5) is 0 Å². The van der Waals surface area contributed by atoms with Crippen molar-refractivity contribution >= 4 is 11.8 Å². The molecule has 2 aromatic rings. The lowest BCUT2D eigenvalue weighted by atomic mass is 10.3. The molecule has 0 atom stereocenters. The van der Waals surface area contributed by atoms with Gasteiger partial charge in [0.15, 0.2) is 5.82 Å². The lowest BCUT2D eigenvalue weighted by Gasteiger charge is -2.02. The molecule has 0 saturated carbocycles. The van der Waals surface area contributed by atoms with Gasteiger partial charge in [-0.2, -0.15) is 0 Å². The average Bonchev–Trinajstić information content (AvgIpc) is 2.69. The van der Waals surface area contributed by atoms with Gasteiger partial charge in [0.1, 0.15) is 0 Å². The van der Waals surface area contributed by atoms with E-state index in [0.717, 1.165) is 22.9 Å². The molecule has 0 fully saturated rings. The van der Waals surface area contributed by atoms with Crippen LogP contribution in [0.2, 0.25) is 0 Å². The van der Waals surface area contributed by atoms with Crippen LogP contribution in [0.3, 0.4) is 0 Å². The van der Waals surface area contributed by atoms with Gasteiger partial charge in [-0.15, -0.1) is 10.2 Å². The Morgan fingerprint density at radius 2 is 2.31 bits per heavy atom. The number of hydrogen-bond acceptors (Lipinski definition) is 5. The number of rotatable bonds is 4. The third kappa shape index (κ3) is 2.16. The second-order valence-electron chi connectivity index (χ2n) is 3.27. The zero-order valence-electron chi connectivity index (χ0n) is 9.00. The molecule has 0 unspecified atom stereocenters. The summed E-state index contributed by atoms with van der Waals surface area (Å²) in [6, 6.07) is 3.76. The Morgan fingerprint density at radius 1 is 1.44 bits per heavy atom. The molecule has 0 amide bonds. The Labute approximate surface area is 98.1 Å². The summed E-state index contributed by atoms with van der Waals surface area (Å²) in [4.78, 5) is 4.03. The topological polar surface area (TPSA) is 69.6 Å². The summed E-state index contributed by atoms with van der Waals surface area (Å²) in [5.41, 5.74) is 0.876. The van der Waals surface area contributed by atoms with E-state index < -0.39 is 0 Å². The molecule has 2 aromatic heterocycles. The monoisotopic (exact) mass is 235 g/mol. The van der Waals surface area contributed by atoms with E-state index in [1.165, 1.54) is 4.68 Å². The van der Waals surface area contributed by atoms with Crippen molar-refractivity contribution in [3.05, 3.63) is 24.5 Å². The van der Waals surface area contributed by atoms with Crippen molar-refractivity contribution < 1.29 is 0 Å². The first-order valence-electron chi connectivity index (χ1n) is 5.06. The molecule has 5 nitrogen and oxygen atoms in total. The van der Waals surface area contributed by atoms with Crippen molar-refractivity contribution in [3.63, 3.8) is 0 Å². The van der Waals surface area contributed by atoms with Crippen LogP contribution in [0, 0.1) is 0 Å². The highest BCUT2D eigenvalue weighted by molar-refractivity contribution is 7.99. The molecule has 84 valence electrons. The molecule has 2 rings (SSSR count). The molecule has 0 spiro atoms. The van der Waals surface area contributed by atoms with E-state index in [9.17, 15) is 0 Å². The summed E-state index contributed by atoms with van der Waals surface area (Å²) >= 11 is 1.61. The summed E-state index contributed by atoms with van der Waals surface area (Å²) in [5.74, 6) is 7.55. The minimum atomic E-state index is 0.645. The van der Waals surface area contributed by atoms with E-state index in [-0.39, 0.29) is 0 Å². The van der Waals surface area contributed by atoms with E-state index >= 15 is 0 Å². The molecule has 0 aliphatic carbocycles. The molecule has 6 heteroatoms. The normalized spacial score (nSPS) is 10.6. The lowest BCUT2D eigenvalue weighted by Crippen LogP contribution is -2.11. The third-order valence-electron chi connectivity index (χ3n) is 2.02. The Morgan fingerprint density at radius 3 is 3.00 bits per heavy atom. The Hall–Kier alpha value is -1.56. The fraction of sp³-hybridized carbons (Fsp3) is 0.300. The minimum Gasteiger partial charge on any atom is -0.335 e. The molecule has 2 heterocycles. The number of nitrogens with two attached hydrogens (primary N) is 1. The number of nitrogens with zero attached hydrogens (tertiary/aromatic N) is 4. The van der Waals surface area contributed by atoms with E-state index in [1.807, 2.05) is 12.1 Å². The highest BCUT2D eigenvalue weighted by Gasteiger charge is 2.11. The maximum absolute atomic E-state index is 5.92. The van der Waals surface area contributed by atoms with Crippen molar-refractivity contribution in [1.29, 1.82) is 0 Å². The molecule has 0 aromatic carbocycles. The number of nitrogen functional groups attached to an aromatic ring is 1. The summed E-state index contributed by atoms with van der Waals surface area (Å²) in [5, 5.41) is 8.86. The molecule has 16 heavy (non-hydrogen) atoms. The van der Waals surface area contributed by atoms with Crippen LogP contribution in [0.25, 0.3) is 11.4 Å². The number of aromatic nitrogens is 4. The van der Waals surface area contributed by atoms with E-state index in [4.69, 9.17) is 5.84 Å². The highest BCUT2D eigenvalue weighted by Crippen LogP contribution is 2.20. The van der Waals surface area contributed by atoms with E-state index in [2.05, 4.69) is 22.1 Å². The van der Waals surface area contributed by atoms with Gasteiger partial charge in [0.2, 0.25) is 5.16 Å². The quantitative estimate of drug-likeness (QED) is 0.643. The standard InChI is InChI=1S/C10H13N5S/c1-2-6-16-10-14-13-9(15(10)11)8-4-3-5-12-7-8/h3-5,7H,2,6,11H2,1H3. The summed E-state index contributed by atoms with van der Waals surface area (Å²) in [7, 11) is 0. The SMILES string of the molecule is CCCSc1nnc(-c2cccnc2)n1N. The maximum Gasteiger partial charge on any atom is 0.210 e. The number of hydrogen-bond donors (Lipinski definition) is 1. The molecular weight excluding hydrogens is 222 g/mol. The van der Waals surface area contributed by atoms with Crippen LogP contribution in [0.5, 0.6) is 0 Å². The van der Waals surface area contributed by atoms with E-state index in [1.54, 1.807) is 24.2 Å². The second kappa shape index (κ2) is 4.98. The van der Waals surface area contributed by atoms with Crippen molar-refractivity contribution in [1.82, 2.24) is 19.9 Å². The highest BCUT2D eigenvalue weighted by atomic mass is 32.2. The Kier molecular flexibility index (Phi) is 3.40. The van der Waals surface area contributed by atoms with E-state index in [0.29, 0.717) is 5.82 Å². The number of pyridine rings is 1. The minimum absolute atomic E-state index is 0.645. The van der Waals surface area contributed by atoms with Gasteiger partial charge in [-0.05, 0) is 18.6 Å². The Balaban J connectivity index is 2.27. The molecule has 0 saturated heterocycles. The summed E-state index contributed by atoms with van der Waals surface area (Å²) in [6.45, 7) is 2.12. The fourth-order valence-electron chi connectivity index (χ4n) is 1.26. The van der Waals surface area contributed by atoms with Gasteiger partial charge in [0.25, 0.3) is 0 Å². The number of thioether (sulfide) groups is 1. The van der Waals surface area contributed by atoms with Crippen molar-refractivity contribution in [3.8, 4) is 11.4 Å². The first kappa shape index (κ1) is 10.9. The van der Waals surface area contributed by atoms with Gasteiger partial charge in [-0.1, -0.05) is 18.7 Å². The first-order chi connectivity index (χ1) is 7.83. The average molecular weight is 235 g/mol. The van der Waals surface area contributed by atoms with Crippen LogP contribution in [0.1, 0.15) is 13.3 Å². The van der Waals surface area contributed by atoms with Gasteiger partial charge < -0.3 is 5.84 Å². The zero-order chi connectivity index (χ0) is 11.4. The lowest BCUT2D eigenvalue weighted by molar-refractivity contribution is 0.848. The van der Waals surface area contributed by atoms with Crippen LogP contribution in [-0.4, -0.2) is 25.6 Å². The van der Waals surface area contributed by atoms with Crippen LogP contribution in [-0.2, 0) is 0 Å². The molecule has 0 aliphatic heterocycles.